The molecule has 2 N–H and O–H groups in total. The van der Waals surface area contributed by atoms with Gasteiger partial charge in [0.2, 0.25) is 0 Å². The number of hydrogen-bond acceptors (Lipinski definition) is 2. The number of carboxylic acids is 1. The highest BCUT2D eigenvalue weighted by Crippen LogP contribution is 2.18. The normalized spacial score (nSPS) is 11.1. The average molecular weight is 309 g/mol. The minimum atomic E-state index is -0.694. The summed E-state index contributed by atoms with van der Waals surface area (Å²) in [6.45, 7) is 0. The Bertz CT molecular complexity index is 595. The van der Waals surface area contributed by atoms with Crippen LogP contribution in [0.2, 0.25) is 5.02 Å². The molecule has 1 aromatic heterocycles. The van der Waals surface area contributed by atoms with E-state index in [1.807, 2.05) is 18.2 Å². The van der Waals surface area contributed by atoms with Gasteiger partial charge in [0.05, 0.1) is 11.0 Å². The lowest BCUT2D eigenvalue weighted by Gasteiger charge is -2.00. The van der Waals surface area contributed by atoms with Crippen LogP contribution in [0.3, 0.4) is 0 Å². The van der Waals surface area contributed by atoms with E-state index < -0.39 is 5.97 Å². The van der Waals surface area contributed by atoms with Crippen molar-refractivity contribution in [1.82, 2.24) is 9.97 Å². The van der Waals surface area contributed by atoms with Gasteiger partial charge in [0, 0.05) is 17.9 Å². The number of unbranched alkanes of at least 4 members (excludes halogenated alkanes) is 5. The number of imidazole rings is 1. The van der Waals surface area contributed by atoms with E-state index in [0.29, 0.717) is 6.42 Å². The first-order valence-corrected chi connectivity index (χ1v) is 7.89. The monoisotopic (exact) mass is 308 g/mol. The first-order valence-electron chi connectivity index (χ1n) is 7.51. The number of carboxylic acid groups (broad SMARTS) is 1. The molecule has 0 fully saturated rings. The number of nitrogens with zero attached hydrogens (tertiary/aromatic N) is 1. The van der Waals surface area contributed by atoms with Gasteiger partial charge in [-0.15, -0.1) is 0 Å². The lowest BCUT2D eigenvalue weighted by atomic mass is 10.1. The molecular weight excluding hydrogens is 288 g/mol. The van der Waals surface area contributed by atoms with Crippen LogP contribution in [0, 0.1) is 0 Å². The van der Waals surface area contributed by atoms with Crippen molar-refractivity contribution in [3.8, 4) is 0 Å². The smallest absolute Gasteiger partial charge is 0.303 e. The van der Waals surface area contributed by atoms with E-state index in [2.05, 4.69) is 9.97 Å². The SMILES string of the molecule is O=C(O)CCCCCCCCc1nc2ccc(Cl)cc2[nH]1. The second-order valence-corrected chi connectivity index (χ2v) is 5.80. The van der Waals surface area contributed by atoms with Crippen molar-refractivity contribution in [2.45, 2.75) is 51.4 Å². The van der Waals surface area contributed by atoms with Gasteiger partial charge < -0.3 is 10.1 Å². The Morgan fingerprint density at radius 1 is 1.14 bits per heavy atom. The van der Waals surface area contributed by atoms with Crippen molar-refractivity contribution >= 4 is 28.6 Å². The van der Waals surface area contributed by atoms with Gasteiger partial charge in [-0.1, -0.05) is 37.3 Å². The maximum atomic E-state index is 10.4. The van der Waals surface area contributed by atoms with Crippen LogP contribution in [-0.2, 0) is 11.2 Å². The molecular formula is C16H21ClN2O2. The predicted octanol–water partition coefficient (Wildman–Crippen LogP) is 4.57. The van der Waals surface area contributed by atoms with Crippen molar-refractivity contribution in [1.29, 1.82) is 0 Å². The van der Waals surface area contributed by atoms with Crippen LogP contribution in [0.5, 0.6) is 0 Å². The fraction of sp³-hybridized carbons (Fsp3) is 0.500. The number of aryl methyl sites for hydroxylation is 1. The van der Waals surface area contributed by atoms with E-state index in [1.54, 1.807) is 0 Å². The molecule has 114 valence electrons. The van der Waals surface area contributed by atoms with Crippen molar-refractivity contribution in [3.63, 3.8) is 0 Å². The Morgan fingerprint density at radius 2 is 1.86 bits per heavy atom. The molecule has 5 heteroatoms. The van der Waals surface area contributed by atoms with Crippen LogP contribution in [-0.4, -0.2) is 21.0 Å². The molecule has 0 amide bonds. The number of aliphatic carboxylic acids is 1. The summed E-state index contributed by atoms with van der Waals surface area (Å²) in [6.07, 6.45) is 7.57. The highest BCUT2D eigenvalue weighted by molar-refractivity contribution is 6.31. The Kier molecular flexibility index (Phi) is 6.05. The van der Waals surface area contributed by atoms with Crippen LogP contribution in [0.4, 0.5) is 0 Å². The third kappa shape index (κ3) is 5.38. The Labute approximate surface area is 129 Å². The number of nitrogens with one attached hydrogen (secondary N) is 1. The zero-order valence-corrected chi connectivity index (χ0v) is 12.8. The van der Waals surface area contributed by atoms with E-state index in [4.69, 9.17) is 16.7 Å². The Balaban J connectivity index is 1.63. The van der Waals surface area contributed by atoms with Gasteiger partial charge in [-0.3, -0.25) is 4.79 Å². The third-order valence-corrected chi connectivity index (χ3v) is 3.78. The topological polar surface area (TPSA) is 66.0 Å². The molecule has 0 atom stereocenters. The molecule has 1 aromatic carbocycles. The standard InChI is InChI=1S/C16H21ClN2O2/c17-12-9-10-13-14(11-12)19-15(18-13)7-5-3-1-2-4-6-8-16(20)21/h9-11H,1-8H2,(H,18,19)(H,20,21). The van der Waals surface area contributed by atoms with Gasteiger partial charge in [-0.2, -0.15) is 0 Å². The van der Waals surface area contributed by atoms with E-state index in [1.165, 1.54) is 0 Å². The molecule has 21 heavy (non-hydrogen) atoms. The van der Waals surface area contributed by atoms with Gasteiger partial charge in [0.15, 0.2) is 0 Å². The molecule has 0 aliphatic carbocycles. The van der Waals surface area contributed by atoms with Gasteiger partial charge in [-0.25, -0.2) is 4.98 Å². The zero-order chi connectivity index (χ0) is 15.1. The number of hydrogen-bond donors (Lipinski definition) is 2. The zero-order valence-electron chi connectivity index (χ0n) is 12.1. The number of fused-ring (bicyclic) bond motifs is 1. The second-order valence-electron chi connectivity index (χ2n) is 5.36. The number of benzene rings is 1. The number of aromatic nitrogens is 2. The molecule has 0 aliphatic rings. The Morgan fingerprint density at radius 3 is 2.62 bits per heavy atom. The molecule has 2 aromatic rings. The Hall–Kier alpha value is -1.55. The summed E-state index contributed by atoms with van der Waals surface area (Å²) in [5.41, 5.74) is 1.95. The lowest BCUT2D eigenvalue weighted by Crippen LogP contribution is -1.93. The molecule has 0 bridgehead atoms. The van der Waals surface area contributed by atoms with Crippen LogP contribution < -0.4 is 0 Å². The number of aromatic amines is 1. The molecule has 0 aliphatic heterocycles. The summed E-state index contributed by atoms with van der Waals surface area (Å²) in [6, 6.07) is 5.68. The van der Waals surface area contributed by atoms with E-state index in [9.17, 15) is 4.79 Å². The molecule has 4 nitrogen and oxygen atoms in total. The van der Waals surface area contributed by atoms with Crippen LogP contribution in [0.15, 0.2) is 18.2 Å². The summed E-state index contributed by atoms with van der Waals surface area (Å²) < 4.78 is 0. The first kappa shape index (κ1) is 15.8. The average Bonchev–Trinajstić information content (AvgIpc) is 2.83. The van der Waals surface area contributed by atoms with Crippen molar-refractivity contribution in [2.24, 2.45) is 0 Å². The highest BCUT2D eigenvalue weighted by atomic mass is 35.5. The summed E-state index contributed by atoms with van der Waals surface area (Å²) in [5, 5.41) is 9.26. The molecule has 0 radical (unpaired) electrons. The third-order valence-electron chi connectivity index (χ3n) is 3.55. The van der Waals surface area contributed by atoms with Gasteiger partial charge in [-0.05, 0) is 31.0 Å². The van der Waals surface area contributed by atoms with Crippen molar-refractivity contribution in [2.75, 3.05) is 0 Å². The van der Waals surface area contributed by atoms with E-state index >= 15 is 0 Å². The quantitative estimate of drug-likeness (QED) is 0.667. The molecule has 0 saturated carbocycles. The van der Waals surface area contributed by atoms with Crippen LogP contribution >= 0.6 is 11.6 Å². The van der Waals surface area contributed by atoms with Gasteiger partial charge in [0.1, 0.15) is 5.82 Å². The van der Waals surface area contributed by atoms with Crippen LogP contribution in [0.25, 0.3) is 11.0 Å². The maximum absolute atomic E-state index is 10.4. The first-order chi connectivity index (χ1) is 10.1. The summed E-state index contributed by atoms with van der Waals surface area (Å²) in [4.78, 5) is 18.2. The summed E-state index contributed by atoms with van der Waals surface area (Å²) >= 11 is 5.95. The fourth-order valence-electron chi connectivity index (χ4n) is 2.43. The largest absolute Gasteiger partial charge is 0.481 e. The van der Waals surface area contributed by atoms with Crippen molar-refractivity contribution in [3.05, 3.63) is 29.0 Å². The summed E-state index contributed by atoms with van der Waals surface area (Å²) in [7, 11) is 0. The number of H-pyrrole nitrogens is 1. The molecule has 1 heterocycles. The van der Waals surface area contributed by atoms with Gasteiger partial charge in [0.25, 0.3) is 0 Å². The highest BCUT2D eigenvalue weighted by Gasteiger charge is 2.03. The number of carbonyl (C=O) groups is 1. The summed E-state index contributed by atoms with van der Waals surface area (Å²) in [5.74, 6) is 0.318. The minimum Gasteiger partial charge on any atom is -0.481 e. The molecule has 0 saturated heterocycles. The number of rotatable bonds is 9. The van der Waals surface area contributed by atoms with Crippen LogP contribution in [0.1, 0.15) is 50.8 Å². The maximum Gasteiger partial charge on any atom is 0.303 e. The predicted molar refractivity (Wildman–Crippen MR) is 84.8 cm³/mol. The minimum absolute atomic E-state index is 0.293. The van der Waals surface area contributed by atoms with E-state index in [0.717, 1.165) is 66.8 Å². The second kappa shape index (κ2) is 8.03. The van der Waals surface area contributed by atoms with Gasteiger partial charge >= 0.3 is 5.97 Å². The number of halogens is 1. The lowest BCUT2D eigenvalue weighted by molar-refractivity contribution is -0.137. The molecule has 0 unspecified atom stereocenters. The van der Waals surface area contributed by atoms with Crippen molar-refractivity contribution < 1.29 is 9.90 Å². The molecule has 2 rings (SSSR count). The van der Waals surface area contributed by atoms with E-state index in [-0.39, 0.29) is 0 Å². The fourth-order valence-corrected chi connectivity index (χ4v) is 2.60. The molecule has 0 spiro atoms.